The molecule has 1 heterocycles. The zero-order chi connectivity index (χ0) is 15.1. The van der Waals surface area contributed by atoms with Crippen molar-refractivity contribution in [1.82, 2.24) is 3.96 Å². The molecule has 0 aliphatic carbocycles. The Kier molecular flexibility index (Phi) is 6.78. The molecule has 0 aliphatic rings. The third-order valence-electron chi connectivity index (χ3n) is 3.82. The van der Waals surface area contributed by atoms with Crippen molar-refractivity contribution in [3.05, 3.63) is 33.6 Å². The molecule has 0 spiro atoms. The second-order valence-corrected chi connectivity index (χ2v) is 7.11. The summed E-state index contributed by atoms with van der Waals surface area (Å²) in [6.45, 7) is 3.08. The van der Waals surface area contributed by atoms with Crippen molar-refractivity contribution in [2.45, 2.75) is 64.8 Å². The number of hydrogen-bond acceptors (Lipinski definition) is 2. The van der Waals surface area contributed by atoms with Gasteiger partial charge < -0.3 is 0 Å². The maximum Gasteiger partial charge on any atom is 0.268 e. The van der Waals surface area contributed by atoms with Crippen LogP contribution in [0.1, 0.15) is 58.3 Å². The van der Waals surface area contributed by atoms with Crippen molar-refractivity contribution in [2.24, 2.45) is 0 Å². The lowest BCUT2D eigenvalue weighted by atomic mass is 10.1. The maximum absolute atomic E-state index is 12.2. The van der Waals surface area contributed by atoms with Crippen LogP contribution in [0.4, 0.5) is 0 Å². The summed E-state index contributed by atoms with van der Waals surface area (Å²) in [5.74, 6) is 0. The fraction of sp³-hybridized carbons (Fsp3) is 0.588. The van der Waals surface area contributed by atoms with Crippen LogP contribution < -0.4 is 5.56 Å². The van der Waals surface area contributed by atoms with E-state index in [-0.39, 0.29) is 5.56 Å². The van der Waals surface area contributed by atoms with Gasteiger partial charge in [-0.3, -0.25) is 8.75 Å². The summed E-state index contributed by atoms with van der Waals surface area (Å²) in [5, 5.41) is 1.49. The monoisotopic (exact) mass is 325 g/mol. The number of rotatable bonds is 9. The highest BCUT2D eigenvalue weighted by Crippen LogP contribution is 2.21. The van der Waals surface area contributed by atoms with Gasteiger partial charge in [-0.15, -0.1) is 0 Å². The quantitative estimate of drug-likeness (QED) is 0.529. The molecule has 1 aromatic carbocycles. The number of nitrogens with zero attached hydrogens (tertiary/aromatic N) is 1. The Balaban J connectivity index is 1.76. The third-order valence-corrected chi connectivity index (χ3v) is 5.16. The largest absolute Gasteiger partial charge is 0.268 e. The fourth-order valence-electron chi connectivity index (χ4n) is 2.58. The number of aromatic nitrogens is 1. The normalized spacial score (nSPS) is 11.3. The molecule has 0 saturated heterocycles. The SMILES string of the molecule is CCCCCCCCCCn1sc2cc(Cl)ccc2c1=O. The molecular weight excluding hydrogens is 302 g/mol. The van der Waals surface area contributed by atoms with Gasteiger partial charge in [-0.1, -0.05) is 75.0 Å². The summed E-state index contributed by atoms with van der Waals surface area (Å²) in [7, 11) is 0. The molecule has 21 heavy (non-hydrogen) atoms. The molecule has 0 atom stereocenters. The summed E-state index contributed by atoms with van der Waals surface area (Å²) in [6.07, 6.45) is 10.3. The lowest BCUT2D eigenvalue weighted by molar-refractivity contribution is 0.552. The minimum absolute atomic E-state index is 0.134. The molecule has 116 valence electrons. The summed E-state index contributed by atoms with van der Waals surface area (Å²) >= 11 is 7.51. The Bertz CT molecular complexity index is 617. The zero-order valence-corrected chi connectivity index (χ0v) is 14.3. The first-order valence-electron chi connectivity index (χ1n) is 8.01. The van der Waals surface area contributed by atoms with Crippen LogP contribution in [0.5, 0.6) is 0 Å². The minimum atomic E-state index is 0.134. The number of unbranched alkanes of at least 4 members (excludes halogenated alkanes) is 7. The van der Waals surface area contributed by atoms with Crippen molar-refractivity contribution >= 4 is 33.2 Å². The predicted octanol–water partition coefficient (Wildman–Crippen LogP) is 5.86. The second-order valence-electron chi connectivity index (χ2n) is 5.61. The topological polar surface area (TPSA) is 22.0 Å². The van der Waals surface area contributed by atoms with Gasteiger partial charge in [0.2, 0.25) is 0 Å². The highest BCUT2D eigenvalue weighted by Gasteiger charge is 2.07. The fourth-order valence-corrected chi connectivity index (χ4v) is 3.89. The Morgan fingerprint density at radius 1 is 1.05 bits per heavy atom. The summed E-state index contributed by atoms with van der Waals surface area (Å²) in [5.41, 5.74) is 0.134. The van der Waals surface area contributed by atoms with Gasteiger partial charge in [0.15, 0.2) is 0 Å². The Morgan fingerprint density at radius 2 is 1.71 bits per heavy atom. The summed E-state index contributed by atoms with van der Waals surface area (Å²) < 4.78 is 2.87. The van der Waals surface area contributed by atoms with Crippen LogP contribution >= 0.6 is 23.1 Å². The molecule has 2 rings (SSSR count). The Labute approximate surface area is 135 Å². The average molecular weight is 326 g/mol. The number of aryl methyl sites for hydroxylation is 1. The van der Waals surface area contributed by atoms with Crippen LogP contribution in [-0.4, -0.2) is 3.96 Å². The molecule has 0 amide bonds. The Hall–Kier alpha value is -0.800. The number of hydrogen-bond donors (Lipinski definition) is 0. The van der Waals surface area contributed by atoms with E-state index in [0.29, 0.717) is 5.02 Å². The molecule has 0 aliphatic heterocycles. The zero-order valence-electron chi connectivity index (χ0n) is 12.7. The molecule has 1 aromatic heterocycles. The molecule has 0 bridgehead atoms. The van der Waals surface area contributed by atoms with Gasteiger partial charge in [-0.2, -0.15) is 0 Å². The standard InChI is InChI=1S/C17H24ClNOS/c1-2-3-4-5-6-7-8-9-12-19-17(20)15-11-10-14(18)13-16(15)21-19/h10-11,13H,2-9,12H2,1H3. The molecule has 0 N–H and O–H groups in total. The lowest BCUT2D eigenvalue weighted by Gasteiger charge is -2.02. The van der Waals surface area contributed by atoms with Gasteiger partial charge in [0.25, 0.3) is 5.56 Å². The third kappa shape index (κ3) is 4.86. The molecule has 0 fully saturated rings. The summed E-state index contributed by atoms with van der Waals surface area (Å²) in [4.78, 5) is 12.2. The van der Waals surface area contributed by atoms with E-state index >= 15 is 0 Å². The predicted molar refractivity (Wildman–Crippen MR) is 93.7 cm³/mol. The smallest absolute Gasteiger partial charge is 0.268 e. The maximum atomic E-state index is 12.2. The highest BCUT2D eigenvalue weighted by molar-refractivity contribution is 7.13. The van der Waals surface area contributed by atoms with E-state index in [0.717, 1.165) is 23.1 Å². The summed E-state index contributed by atoms with van der Waals surface area (Å²) in [6, 6.07) is 5.51. The van der Waals surface area contributed by atoms with Gasteiger partial charge >= 0.3 is 0 Å². The van der Waals surface area contributed by atoms with Gasteiger partial charge in [0, 0.05) is 11.6 Å². The van der Waals surface area contributed by atoms with E-state index in [9.17, 15) is 4.79 Å². The number of benzene rings is 1. The molecular formula is C17H24ClNOS. The molecule has 0 saturated carbocycles. The van der Waals surface area contributed by atoms with E-state index in [1.165, 1.54) is 56.5 Å². The van der Waals surface area contributed by atoms with Gasteiger partial charge in [-0.05, 0) is 24.6 Å². The van der Waals surface area contributed by atoms with E-state index < -0.39 is 0 Å². The van der Waals surface area contributed by atoms with E-state index in [1.54, 1.807) is 6.07 Å². The van der Waals surface area contributed by atoms with Crippen molar-refractivity contribution in [2.75, 3.05) is 0 Å². The molecule has 2 aromatic rings. The van der Waals surface area contributed by atoms with Crippen LogP contribution in [0, 0.1) is 0 Å². The van der Waals surface area contributed by atoms with E-state index in [4.69, 9.17) is 11.6 Å². The Morgan fingerprint density at radius 3 is 2.43 bits per heavy atom. The van der Waals surface area contributed by atoms with Crippen LogP contribution in [0.15, 0.2) is 23.0 Å². The van der Waals surface area contributed by atoms with Crippen molar-refractivity contribution in [3.63, 3.8) is 0 Å². The molecule has 0 unspecified atom stereocenters. The van der Waals surface area contributed by atoms with Crippen LogP contribution in [0.2, 0.25) is 5.02 Å². The molecule has 4 heteroatoms. The average Bonchev–Trinajstić information content (AvgIpc) is 2.78. The molecule has 2 nitrogen and oxygen atoms in total. The first kappa shape index (κ1) is 16.6. The second kappa shape index (κ2) is 8.60. The van der Waals surface area contributed by atoms with Gasteiger partial charge in [0.05, 0.1) is 10.1 Å². The molecule has 0 radical (unpaired) electrons. The highest BCUT2D eigenvalue weighted by atomic mass is 35.5. The van der Waals surface area contributed by atoms with E-state index in [1.807, 2.05) is 16.1 Å². The number of halogens is 1. The van der Waals surface area contributed by atoms with Crippen LogP contribution in [0.3, 0.4) is 0 Å². The van der Waals surface area contributed by atoms with E-state index in [2.05, 4.69) is 6.92 Å². The van der Waals surface area contributed by atoms with Crippen molar-refractivity contribution in [3.8, 4) is 0 Å². The first-order valence-corrected chi connectivity index (χ1v) is 9.17. The first-order chi connectivity index (χ1) is 10.2. The number of fused-ring (bicyclic) bond motifs is 1. The van der Waals surface area contributed by atoms with Crippen LogP contribution in [-0.2, 0) is 6.54 Å². The minimum Gasteiger partial charge on any atom is -0.268 e. The van der Waals surface area contributed by atoms with Gasteiger partial charge in [0.1, 0.15) is 0 Å². The van der Waals surface area contributed by atoms with Crippen molar-refractivity contribution < 1.29 is 0 Å². The van der Waals surface area contributed by atoms with Crippen molar-refractivity contribution in [1.29, 1.82) is 0 Å². The van der Waals surface area contributed by atoms with Crippen LogP contribution in [0.25, 0.3) is 10.1 Å². The lowest BCUT2D eigenvalue weighted by Crippen LogP contribution is -2.12. The van der Waals surface area contributed by atoms with Gasteiger partial charge in [-0.25, -0.2) is 0 Å².